The fraction of sp³-hybridized carbons (Fsp3) is 0.263. The van der Waals surface area contributed by atoms with E-state index >= 15 is 0 Å². The zero-order chi connectivity index (χ0) is 18.3. The molecule has 0 bridgehead atoms. The first-order valence-corrected chi connectivity index (χ1v) is 7.93. The summed E-state index contributed by atoms with van der Waals surface area (Å²) in [6, 6.07) is 9.43. The largest absolute Gasteiger partial charge is 0.343 e. The highest BCUT2D eigenvalue weighted by Crippen LogP contribution is 2.28. The van der Waals surface area contributed by atoms with Gasteiger partial charge in [-0.3, -0.25) is 4.79 Å². The van der Waals surface area contributed by atoms with E-state index in [0.717, 1.165) is 28.1 Å². The average Bonchev–Trinajstić information content (AvgIpc) is 2.91. The van der Waals surface area contributed by atoms with Crippen molar-refractivity contribution in [1.29, 1.82) is 5.26 Å². The van der Waals surface area contributed by atoms with Crippen molar-refractivity contribution < 1.29 is 4.79 Å². The molecule has 0 fully saturated rings. The Morgan fingerprint density at radius 3 is 2.52 bits per heavy atom. The molecule has 3 rings (SSSR count). The number of aromatic nitrogens is 3. The van der Waals surface area contributed by atoms with Crippen molar-refractivity contribution in [2.45, 2.75) is 20.8 Å². The predicted octanol–water partition coefficient (Wildman–Crippen LogP) is 2.90. The van der Waals surface area contributed by atoms with Gasteiger partial charge in [0.2, 0.25) is 0 Å². The van der Waals surface area contributed by atoms with E-state index in [1.54, 1.807) is 30.7 Å². The second kappa shape index (κ2) is 6.02. The summed E-state index contributed by atoms with van der Waals surface area (Å²) < 4.78 is 1.76. The van der Waals surface area contributed by atoms with Crippen LogP contribution in [0.1, 0.15) is 32.9 Å². The minimum atomic E-state index is -0.137. The van der Waals surface area contributed by atoms with Crippen LogP contribution in [-0.2, 0) is 0 Å². The first-order chi connectivity index (χ1) is 11.8. The van der Waals surface area contributed by atoms with Gasteiger partial charge in [-0.05, 0) is 44.5 Å². The van der Waals surface area contributed by atoms with E-state index in [0.29, 0.717) is 16.9 Å². The van der Waals surface area contributed by atoms with Crippen LogP contribution < -0.4 is 0 Å². The molecular weight excluding hydrogens is 314 g/mol. The number of carbonyl (C=O) groups is 1. The number of hydrogen-bond acceptors (Lipinski definition) is 4. The number of nitrogens with zero attached hydrogens (tertiary/aromatic N) is 5. The third-order valence-electron chi connectivity index (χ3n) is 4.23. The maximum Gasteiger partial charge on any atom is 0.272 e. The van der Waals surface area contributed by atoms with Gasteiger partial charge in [0.05, 0.1) is 17.3 Å². The highest BCUT2D eigenvalue weighted by atomic mass is 16.2. The van der Waals surface area contributed by atoms with Crippen molar-refractivity contribution in [3.63, 3.8) is 0 Å². The van der Waals surface area contributed by atoms with Crippen molar-refractivity contribution in [2.75, 3.05) is 14.1 Å². The number of amides is 1. The lowest BCUT2D eigenvalue weighted by Gasteiger charge is -2.10. The highest BCUT2D eigenvalue weighted by Gasteiger charge is 2.18. The summed E-state index contributed by atoms with van der Waals surface area (Å²) in [5, 5.41) is 13.7. The Labute approximate surface area is 146 Å². The van der Waals surface area contributed by atoms with Gasteiger partial charge < -0.3 is 4.90 Å². The molecule has 0 N–H and O–H groups in total. The second-order valence-corrected chi connectivity index (χ2v) is 6.33. The van der Waals surface area contributed by atoms with Crippen LogP contribution in [0.15, 0.2) is 24.3 Å². The summed E-state index contributed by atoms with van der Waals surface area (Å²) in [7, 11) is 3.41. The molecule has 3 aromatic rings. The van der Waals surface area contributed by atoms with Crippen LogP contribution >= 0.6 is 0 Å². The maximum atomic E-state index is 12.3. The smallest absolute Gasteiger partial charge is 0.272 e. The molecule has 0 aliphatic heterocycles. The SMILES string of the molecule is Cc1cc(C#N)ccc1-c1nn2c(C)cc(C(=O)N(C)C)nc2c1C. The van der Waals surface area contributed by atoms with Crippen LogP contribution in [0.25, 0.3) is 16.9 Å². The standard InChI is InChI=1S/C19H19N5O/c1-11-8-14(10-20)6-7-15(11)17-13(3)18-21-16(19(25)23(4)5)9-12(2)24(18)22-17/h6-9H,1-5H3. The van der Waals surface area contributed by atoms with Crippen molar-refractivity contribution >= 4 is 11.6 Å². The molecule has 1 aromatic carbocycles. The van der Waals surface area contributed by atoms with E-state index in [4.69, 9.17) is 10.4 Å². The monoisotopic (exact) mass is 333 g/mol. The Morgan fingerprint density at radius 1 is 1.20 bits per heavy atom. The molecule has 0 aliphatic carbocycles. The summed E-state index contributed by atoms with van der Waals surface area (Å²) in [6.07, 6.45) is 0. The molecule has 0 spiro atoms. The van der Waals surface area contributed by atoms with Crippen molar-refractivity contribution in [2.24, 2.45) is 0 Å². The molecule has 0 radical (unpaired) electrons. The highest BCUT2D eigenvalue weighted by molar-refractivity contribution is 5.92. The van der Waals surface area contributed by atoms with Gasteiger partial charge in [-0.25, -0.2) is 9.50 Å². The molecule has 0 saturated carbocycles. The van der Waals surface area contributed by atoms with E-state index < -0.39 is 0 Å². The van der Waals surface area contributed by atoms with Gasteiger partial charge >= 0.3 is 0 Å². The molecular formula is C19H19N5O. The quantitative estimate of drug-likeness (QED) is 0.723. The molecule has 6 nitrogen and oxygen atoms in total. The number of carbonyl (C=O) groups excluding carboxylic acids is 1. The third-order valence-corrected chi connectivity index (χ3v) is 4.23. The predicted molar refractivity (Wildman–Crippen MR) is 95.4 cm³/mol. The second-order valence-electron chi connectivity index (χ2n) is 6.33. The molecule has 1 amide bonds. The topological polar surface area (TPSA) is 74.3 Å². The maximum absolute atomic E-state index is 12.3. The zero-order valence-corrected chi connectivity index (χ0v) is 15.0. The Kier molecular flexibility index (Phi) is 4.01. The molecule has 0 atom stereocenters. The Balaban J connectivity index is 2.23. The van der Waals surface area contributed by atoms with Gasteiger partial charge in [0, 0.05) is 30.9 Å². The lowest BCUT2D eigenvalue weighted by Crippen LogP contribution is -2.23. The Hall–Kier alpha value is -3.20. The van der Waals surface area contributed by atoms with E-state index in [-0.39, 0.29) is 5.91 Å². The lowest BCUT2D eigenvalue weighted by molar-refractivity contribution is 0.0822. The van der Waals surface area contributed by atoms with Crippen LogP contribution in [0.4, 0.5) is 0 Å². The van der Waals surface area contributed by atoms with Crippen molar-refractivity contribution in [3.8, 4) is 17.3 Å². The summed E-state index contributed by atoms with van der Waals surface area (Å²) in [6.45, 7) is 5.82. The average molecular weight is 333 g/mol. The van der Waals surface area contributed by atoms with E-state index in [1.807, 2.05) is 32.9 Å². The summed E-state index contributed by atoms with van der Waals surface area (Å²) in [4.78, 5) is 18.3. The van der Waals surface area contributed by atoms with Crippen LogP contribution in [0.3, 0.4) is 0 Å². The van der Waals surface area contributed by atoms with Crippen LogP contribution in [0.2, 0.25) is 0 Å². The molecule has 0 unspecified atom stereocenters. The molecule has 6 heteroatoms. The molecule has 126 valence electrons. The fourth-order valence-corrected chi connectivity index (χ4v) is 2.86. The normalized spacial score (nSPS) is 10.7. The zero-order valence-electron chi connectivity index (χ0n) is 15.0. The summed E-state index contributed by atoms with van der Waals surface area (Å²) >= 11 is 0. The van der Waals surface area contributed by atoms with Gasteiger partial charge in [-0.1, -0.05) is 6.07 Å². The molecule has 2 heterocycles. The van der Waals surface area contributed by atoms with Gasteiger partial charge in [-0.2, -0.15) is 10.4 Å². The van der Waals surface area contributed by atoms with Crippen LogP contribution in [-0.4, -0.2) is 39.5 Å². The Bertz CT molecular complexity index is 1040. The molecule has 25 heavy (non-hydrogen) atoms. The van der Waals surface area contributed by atoms with Crippen molar-refractivity contribution in [1.82, 2.24) is 19.5 Å². The number of rotatable bonds is 2. The van der Waals surface area contributed by atoms with Gasteiger partial charge in [0.1, 0.15) is 5.69 Å². The van der Waals surface area contributed by atoms with Gasteiger partial charge in [0.25, 0.3) is 5.91 Å². The summed E-state index contributed by atoms with van der Waals surface area (Å²) in [5.74, 6) is -0.137. The number of benzene rings is 1. The Morgan fingerprint density at radius 2 is 1.92 bits per heavy atom. The number of fused-ring (bicyclic) bond motifs is 1. The van der Waals surface area contributed by atoms with E-state index in [2.05, 4.69) is 11.1 Å². The van der Waals surface area contributed by atoms with Crippen molar-refractivity contribution in [3.05, 3.63) is 52.3 Å². The van der Waals surface area contributed by atoms with Crippen LogP contribution in [0, 0.1) is 32.1 Å². The lowest BCUT2D eigenvalue weighted by atomic mass is 10.0. The number of hydrogen-bond donors (Lipinski definition) is 0. The van der Waals surface area contributed by atoms with E-state index in [9.17, 15) is 4.79 Å². The molecule has 0 saturated heterocycles. The first kappa shape index (κ1) is 16.7. The fourth-order valence-electron chi connectivity index (χ4n) is 2.86. The summed E-state index contributed by atoms with van der Waals surface area (Å²) in [5.41, 5.74) is 6.20. The minimum Gasteiger partial charge on any atom is -0.343 e. The molecule has 2 aromatic heterocycles. The van der Waals surface area contributed by atoms with E-state index in [1.165, 1.54) is 4.90 Å². The number of aryl methyl sites for hydroxylation is 3. The molecule has 0 aliphatic rings. The van der Waals surface area contributed by atoms with Crippen LogP contribution in [0.5, 0.6) is 0 Å². The third kappa shape index (κ3) is 2.74. The number of nitriles is 1. The van der Waals surface area contributed by atoms with Gasteiger partial charge in [-0.15, -0.1) is 0 Å². The first-order valence-electron chi connectivity index (χ1n) is 7.93. The van der Waals surface area contributed by atoms with Gasteiger partial charge in [0.15, 0.2) is 5.65 Å². The minimum absolute atomic E-state index is 0.137.